The summed E-state index contributed by atoms with van der Waals surface area (Å²) in [5.74, 6) is -0.753. The van der Waals surface area contributed by atoms with Gasteiger partial charge in [-0.15, -0.1) is 0 Å². The highest BCUT2D eigenvalue weighted by molar-refractivity contribution is 5.31. The molecule has 0 heterocycles. The third-order valence-electron chi connectivity index (χ3n) is 2.25. The Balaban J connectivity index is 3.10. The zero-order chi connectivity index (χ0) is 13.1. The Kier molecular flexibility index (Phi) is 4.34. The fourth-order valence-corrected chi connectivity index (χ4v) is 1.48. The van der Waals surface area contributed by atoms with E-state index in [-0.39, 0.29) is 12.3 Å². The molecule has 1 unspecified atom stereocenters. The first-order valence-corrected chi connectivity index (χ1v) is 5.03. The highest BCUT2D eigenvalue weighted by Gasteiger charge is 2.41. The molecular formula is C11H13F4NO. The monoisotopic (exact) mass is 251 g/mol. The third kappa shape index (κ3) is 3.33. The molecule has 1 N–H and O–H groups in total. The lowest BCUT2D eigenvalue weighted by Crippen LogP contribution is -2.34. The average molecular weight is 251 g/mol. The molecule has 0 bridgehead atoms. The minimum Gasteiger partial charge on any atom is -0.497 e. The van der Waals surface area contributed by atoms with E-state index in [0.29, 0.717) is 0 Å². The van der Waals surface area contributed by atoms with Crippen LogP contribution in [-0.4, -0.2) is 19.8 Å². The summed E-state index contributed by atoms with van der Waals surface area (Å²) in [5.41, 5.74) is -0.430. The Morgan fingerprint density at radius 2 is 2.00 bits per heavy atom. The Morgan fingerprint density at radius 3 is 2.41 bits per heavy atom. The van der Waals surface area contributed by atoms with Crippen LogP contribution in [0.2, 0.25) is 0 Å². The van der Waals surface area contributed by atoms with Crippen LogP contribution in [0.5, 0.6) is 5.75 Å². The van der Waals surface area contributed by atoms with Crippen LogP contribution in [0.4, 0.5) is 17.6 Å². The molecular weight excluding hydrogens is 238 g/mol. The molecule has 0 fully saturated rings. The minimum absolute atomic E-state index is 0.0929. The fourth-order valence-electron chi connectivity index (χ4n) is 1.48. The summed E-state index contributed by atoms with van der Waals surface area (Å²) in [4.78, 5) is 0. The second-order valence-electron chi connectivity index (χ2n) is 3.42. The van der Waals surface area contributed by atoms with Gasteiger partial charge in [-0.3, -0.25) is 0 Å². The van der Waals surface area contributed by atoms with E-state index >= 15 is 0 Å². The summed E-state index contributed by atoms with van der Waals surface area (Å²) >= 11 is 0. The molecule has 1 atom stereocenters. The molecule has 0 aliphatic rings. The first kappa shape index (κ1) is 13.8. The molecule has 1 aromatic carbocycles. The topological polar surface area (TPSA) is 21.3 Å². The summed E-state index contributed by atoms with van der Waals surface area (Å²) < 4.78 is 56.3. The molecule has 0 aromatic heterocycles. The van der Waals surface area contributed by atoms with Gasteiger partial charge in [0.25, 0.3) is 0 Å². The Labute approximate surface area is 96.6 Å². The molecule has 0 spiro atoms. The third-order valence-corrected chi connectivity index (χ3v) is 2.25. The summed E-state index contributed by atoms with van der Waals surface area (Å²) in [6.45, 7) is 1.62. The fraction of sp³-hybridized carbons (Fsp3) is 0.455. The molecule has 0 radical (unpaired) electrons. The van der Waals surface area contributed by atoms with Crippen molar-refractivity contribution in [1.82, 2.24) is 5.32 Å². The maximum atomic E-state index is 13.5. The molecule has 1 aromatic rings. The van der Waals surface area contributed by atoms with Crippen LogP contribution in [0.3, 0.4) is 0 Å². The van der Waals surface area contributed by atoms with Gasteiger partial charge in [-0.2, -0.15) is 13.2 Å². The van der Waals surface area contributed by atoms with Crippen LogP contribution >= 0.6 is 0 Å². The van der Waals surface area contributed by atoms with Crippen molar-refractivity contribution < 1.29 is 22.3 Å². The van der Waals surface area contributed by atoms with E-state index < -0.39 is 23.6 Å². The van der Waals surface area contributed by atoms with Crippen molar-refractivity contribution >= 4 is 0 Å². The van der Waals surface area contributed by atoms with Gasteiger partial charge in [0, 0.05) is 11.6 Å². The second kappa shape index (κ2) is 5.35. The van der Waals surface area contributed by atoms with Crippen LogP contribution in [0, 0.1) is 5.82 Å². The Hall–Kier alpha value is -1.30. The maximum Gasteiger partial charge on any atom is 0.408 e. The van der Waals surface area contributed by atoms with Crippen molar-refractivity contribution in [2.75, 3.05) is 13.7 Å². The van der Waals surface area contributed by atoms with Crippen molar-refractivity contribution in [3.63, 3.8) is 0 Å². The second-order valence-corrected chi connectivity index (χ2v) is 3.42. The van der Waals surface area contributed by atoms with E-state index in [0.717, 1.165) is 12.1 Å². The smallest absolute Gasteiger partial charge is 0.408 e. The number of nitrogens with one attached hydrogen (secondary N) is 1. The molecule has 0 amide bonds. The van der Waals surface area contributed by atoms with E-state index in [9.17, 15) is 17.6 Å². The van der Waals surface area contributed by atoms with Gasteiger partial charge >= 0.3 is 6.18 Å². The maximum absolute atomic E-state index is 13.5. The number of benzene rings is 1. The molecule has 17 heavy (non-hydrogen) atoms. The first-order valence-electron chi connectivity index (χ1n) is 5.03. The first-order chi connectivity index (χ1) is 7.90. The number of rotatable bonds is 4. The van der Waals surface area contributed by atoms with Gasteiger partial charge in [0.15, 0.2) is 0 Å². The van der Waals surface area contributed by atoms with Crippen LogP contribution in [0.1, 0.15) is 18.5 Å². The number of hydrogen-bond acceptors (Lipinski definition) is 2. The van der Waals surface area contributed by atoms with Gasteiger partial charge in [0.1, 0.15) is 17.6 Å². The lowest BCUT2D eigenvalue weighted by Gasteiger charge is -2.22. The van der Waals surface area contributed by atoms with Crippen molar-refractivity contribution in [1.29, 1.82) is 0 Å². The van der Waals surface area contributed by atoms with Crippen LogP contribution in [-0.2, 0) is 0 Å². The molecule has 6 heteroatoms. The van der Waals surface area contributed by atoms with Gasteiger partial charge in [0.05, 0.1) is 7.11 Å². The zero-order valence-electron chi connectivity index (χ0n) is 9.44. The number of hydrogen-bond donors (Lipinski definition) is 1. The van der Waals surface area contributed by atoms with Crippen LogP contribution in [0.15, 0.2) is 18.2 Å². The number of methoxy groups -OCH3 is 1. The largest absolute Gasteiger partial charge is 0.497 e. The SMILES string of the molecule is CCNC(c1ccc(OC)cc1F)C(F)(F)F. The van der Waals surface area contributed by atoms with Crippen molar-refractivity contribution in [2.24, 2.45) is 0 Å². The van der Waals surface area contributed by atoms with E-state index in [1.54, 1.807) is 0 Å². The van der Waals surface area contributed by atoms with E-state index in [1.165, 1.54) is 20.1 Å². The van der Waals surface area contributed by atoms with Gasteiger partial charge in [-0.25, -0.2) is 4.39 Å². The standard InChI is InChI=1S/C11H13F4NO/c1-3-16-10(11(13,14)15)8-5-4-7(17-2)6-9(8)12/h4-6,10,16H,3H2,1-2H3. The zero-order valence-corrected chi connectivity index (χ0v) is 9.44. The predicted molar refractivity (Wildman–Crippen MR) is 55.4 cm³/mol. The molecule has 0 aliphatic carbocycles. The number of alkyl halides is 3. The van der Waals surface area contributed by atoms with E-state index in [1.807, 2.05) is 0 Å². The van der Waals surface area contributed by atoms with Crippen LogP contribution < -0.4 is 10.1 Å². The normalized spacial score (nSPS) is 13.5. The summed E-state index contributed by atoms with van der Waals surface area (Å²) in [6, 6.07) is 1.31. The number of halogens is 4. The molecule has 0 saturated carbocycles. The Bertz CT molecular complexity index is 378. The van der Waals surface area contributed by atoms with Gasteiger partial charge in [0.2, 0.25) is 0 Å². The number of ether oxygens (including phenoxy) is 1. The van der Waals surface area contributed by atoms with Gasteiger partial charge < -0.3 is 10.1 Å². The Morgan fingerprint density at radius 1 is 1.35 bits per heavy atom. The van der Waals surface area contributed by atoms with E-state index in [2.05, 4.69) is 5.32 Å². The van der Waals surface area contributed by atoms with Crippen molar-refractivity contribution in [2.45, 2.75) is 19.1 Å². The molecule has 1 rings (SSSR count). The molecule has 0 saturated heterocycles. The van der Waals surface area contributed by atoms with Crippen LogP contribution in [0.25, 0.3) is 0 Å². The van der Waals surface area contributed by atoms with Gasteiger partial charge in [-0.1, -0.05) is 13.0 Å². The lowest BCUT2D eigenvalue weighted by molar-refractivity contribution is -0.158. The predicted octanol–water partition coefficient (Wildman–Crippen LogP) is 3.05. The summed E-state index contributed by atoms with van der Waals surface area (Å²) in [7, 11) is 1.32. The summed E-state index contributed by atoms with van der Waals surface area (Å²) in [6.07, 6.45) is -4.54. The molecule has 0 aliphatic heterocycles. The molecule has 96 valence electrons. The molecule has 2 nitrogen and oxygen atoms in total. The quantitative estimate of drug-likeness (QED) is 0.830. The van der Waals surface area contributed by atoms with Gasteiger partial charge in [-0.05, 0) is 12.6 Å². The van der Waals surface area contributed by atoms with Crippen molar-refractivity contribution in [3.8, 4) is 5.75 Å². The van der Waals surface area contributed by atoms with Crippen molar-refractivity contribution in [3.05, 3.63) is 29.6 Å². The minimum atomic E-state index is -4.54. The highest BCUT2D eigenvalue weighted by Crippen LogP contribution is 2.34. The summed E-state index contributed by atoms with van der Waals surface area (Å²) in [5, 5.41) is 2.21. The lowest BCUT2D eigenvalue weighted by atomic mass is 10.1. The highest BCUT2D eigenvalue weighted by atomic mass is 19.4. The average Bonchev–Trinajstić information content (AvgIpc) is 2.25. The van der Waals surface area contributed by atoms with E-state index in [4.69, 9.17) is 4.74 Å².